The molecule has 0 bridgehead atoms. The molecular weight excluding hydrogens is 186 g/mol. The van der Waals surface area contributed by atoms with Gasteiger partial charge in [-0.25, -0.2) is 9.97 Å². The van der Waals surface area contributed by atoms with Crippen molar-refractivity contribution in [3.8, 4) is 6.07 Å². The summed E-state index contributed by atoms with van der Waals surface area (Å²) in [5.41, 5.74) is 1.99. The second-order valence-electron chi connectivity index (χ2n) is 3.10. The van der Waals surface area contributed by atoms with Gasteiger partial charge in [0.25, 0.3) is 0 Å². The molecule has 2 rings (SSSR count). The molecule has 1 aromatic rings. The van der Waals surface area contributed by atoms with E-state index in [4.69, 9.17) is 5.26 Å². The molecule has 0 N–H and O–H groups in total. The van der Waals surface area contributed by atoms with Crippen molar-refractivity contribution in [1.29, 1.82) is 5.26 Å². The van der Waals surface area contributed by atoms with Crippen LogP contribution in [0, 0.1) is 11.3 Å². The van der Waals surface area contributed by atoms with Crippen molar-refractivity contribution in [2.24, 2.45) is 0 Å². The van der Waals surface area contributed by atoms with Crippen LogP contribution in [0.2, 0.25) is 0 Å². The smallest absolute Gasteiger partial charge is 0.227 e. The number of hydrogen-bond acceptors (Lipinski definition) is 3. The van der Waals surface area contributed by atoms with E-state index in [1.807, 2.05) is 24.3 Å². The lowest BCUT2D eigenvalue weighted by Crippen LogP contribution is -1.90. The van der Waals surface area contributed by atoms with E-state index in [0.29, 0.717) is 0 Å². The van der Waals surface area contributed by atoms with Crippen molar-refractivity contribution in [1.82, 2.24) is 9.97 Å². The highest BCUT2D eigenvalue weighted by Crippen LogP contribution is 2.16. The summed E-state index contributed by atoms with van der Waals surface area (Å²) in [4.78, 5) is 7.86. The van der Waals surface area contributed by atoms with Crippen molar-refractivity contribution in [2.45, 2.75) is 6.42 Å². The van der Waals surface area contributed by atoms with Crippen molar-refractivity contribution in [2.75, 3.05) is 0 Å². The summed E-state index contributed by atoms with van der Waals surface area (Å²) < 4.78 is 0. The van der Waals surface area contributed by atoms with Crippen LogP contribution >= 0.6 is 0 Å². The first-order valence-electron chi connectivity index (χ1n) is 4.66. The van der Waals surface area contributed by atoms with Crippen LogP contribution in [0.15, 0.2) is 42.8 Å². The standard InChI is InChI=1S/C12H9N3/c13-7-12-14-8-11(9-15-12)10-5-3-1-2-4-6-10/h1,3-6,8-9H,2H2. The van der Waals surface area contributed by atoms with Gasteiger partial charge in [-0.3, -0.25) is 0 Å². The molecule has 0 atom stereocenters. The SMILES string of the molecule is N#Cc1ncc(C2=CC=CCC=C2)cn1. The zero-order valence-electron chi connectivity index (χ0n) is 8.09. The molecule has 1 aliphatic rings. The minimum absolute atomic E-state index is 0.201. The minimum Gasteiger partial charge on any atom is -0.227 e. The van der Waals surface area contributed by atoms with Crippen LogP contribution in [-0.4, -0.2) is 9.97 Å². The zero-order chi connectivity index (χ0) is 10.5. The summed E-state index contributed by atoms with van der Waals surface area (Å²) >= 11 is 0. The third-order valence-electron chi connectivity index (χ3n) is 2.07. The lowest BCUT2D eigenvalue weighted by molar-refractivity contribution is 1.10. The first kappa shape index (κ1) is 9.35. The lowest BCUT2D eigenvalue weighted by atomic mass is 10.1. The number of allylic oxidation sites excluding steroid dienone is 6. The Balaban J connectivity index is 2.34. The fourth-order valence-corrected chi connectivity index (χ4v) is 1.31. The van der Waals surface area contributed by atoms with Crippen LogP contribution in [0.25, 0.3) is 5.57 Å². The Bertz CT molecular complexity index is 473. The molecule has 0 aliphatic heterocycles. The largest absolute Gasteiger partial charge is 0.232 e. The fourth-order valence-electron chi connectivity index (χ4n) is 1.31. The Kier molecular flexibility index (Phi) is 2.70. The number of rotatable bonds is 1. The summed E-state index contributed by atoms with van der Waals surface area (Å²) in [6.45, 7) is 0. The molecule has 0 saturated heterocycles. The molecule has 1 aromatic heterocycles. The third kappa shape index (κ3) is 2.18. The Labute approximate surface area is 88.1 Å². The molecule has 0 unspecified atom stereocenters. The summed E-state index contributed by atoms with van der Waals surface area (Å²) in [6.07, 6.45) is 14.5. The van der Waals surface area contributed by atoms with Gasteiger partial charge in [-0.05, 0) is 12.0 Å². The van der Waals surface area contributed by atoms with Gasteiger partial charge in [-0.1, -0.05) is 30.4 Å². The van der Waals surface area contributed by atoms with E-state index in [0.717, 1.165) is 17.6 Å². The van der Waals surface area contributed by atoms with Crippen LogP contribution in [0.5, 0.6) is 0 Å². The first-order chi connectivity index (χ1) is 7.40. The number of hydrogen-bond donors (Lipinski definition) is 0. The van der Waals surface area contributed by atoms with Gasteiger partial charge in [0.1, 0.15) is 6.07 Å². The Morgan fingerprint density at radius 3 is 2.73 bits per heavy atom. The molecule has 0 amide bonds. The van der Waals surface area contributed by atoms with Crippen LogP contribution < -0.4 is 0 Å². The molecule has 0 fully saturated rings. The van der Waals surface area contributed by atoms with Gasteiger partial charge in [0.15, 0.2) is 0 Å². The van der Waals surface area contributed by atoms with E-state index in [1.165, 1.54) is 0 Å². The second-order valence-corrected chi connectivity index (χ2v) is 3.10. The third-order valence-corrected chi connectivity index (χ3v) is 2.07. The molecule has 0 saturated carbocycles. The van der Waals surface area contributed by atoms with Crippen LogP contribution in [0.3, 0.4) is 0 Å². The van der Waals surface area contributed by atoms with E-state index < -0.39 is 0 Å². The molecule has 72 valence electrons. The summed E-state index contributed by atoms with van der Waals surface area (Å²) in [7, 11) is 0. The van der Waals surface area contributed by atoms with Gasteiger partial charge in [-0.2, -0.15) is 5.26 Å². The van der Waals surface area contributed by atoms with E-state index >= 15 is 0 Å². The average Bonchev–Trinajstić information content (AvgIpc) is 2.58. The maximum absolute atomic E-state index is 8.57. The fraction of sp³-hybridized carbons (Fsp3) is 0.0833. The van der Waals surface area contributed by atoms with Crippen molar-refractivity contribution in [3.63, 3.8) is 0 Å². The van der Waals surface area contributed by atoms with Gasteiger partial charge in [0.05, 0.1) is 0 Å². The Morgan fingerprint density at radius 1 is 1.20 bits per heavy atom. The predicted molar refractivity (Wildman–Crippen MR) is 57.6 cm³/mol. The van der Waals surface area contributed by atoms with Crippen molar-refractivity contribution < 1.29 is 0 Å². The van der Waals surface area contributed by atoms with Crippen LogP contribution in [0.4, 0.5) is 0 Å². The maximum atomic E-state index is 8.57. The van der Waals surface area contributed by atoms with Crippen LogP contribution in [-0.2, 0) is 0 Å². The summed E-state index contributed by atoms with van der Waals surface area (Å²) in [5, 5.41) is 8.57. The lowest BCUT2D eigenvalue weighted by Gasteiger charge is -1.99. The maximum Gasteiger partial charge on any atom is 0.232 e. The molecule has 1 aliphatic carbocycles. The van der Waals surface area contributed by atoms with Gasteiger partial charge in [0, 0.05) is 18.0 Å². The monoisotopic (exact) mass is 195 g/mol. The van der Waals surface area contributed by atoms with Gasteiger partial charge in [-0.15, -0.1) is 0 Å². The van der Waals surface area contributed by atoms with Gasteiger partial charge >= 0.3 is 0 Å². The highest BCUT2D eigenvalue weighted by molar-refractivity contribution is 5.74. The Morgan fingerprint density at radius 2 is 2.00 bits per heavy atom. The van der Waals surface area contributed by atoms with Crippen molar-refractivity contribution >= 4 is 5.57 Å². The summed E-state index contributed by atoms with van der Waals surface area (Å²) in [6, 6.07) is 1.90. The quantitative estimate of drug-likeness (QED) is 0.690. The molecule has 0 radical (unpaired) electrons. The average molecular weight is 195 g/mol. The number of nitrogens with zero attached hydrogens (tertiary/aromatic N) is 3. The van der Waals surface area contributed by atoms with Gasteiger partial charge < -0.3 is 0 Å². The highest BCUT2D eigenvalue weighted by Gasteiger charge is 2.00. The predicted octanol–water partition coefficient (Wildman–Crippen LogP) is 2.25. The normalized spacial score (nSPS) is 14.2. The molecule has 0 spiro atoms. The molecule has 0 aromatic carbocycles. The zero-order valence-corrected chi connectivity index (χ0v) is 8.09. The summed E-state index contributed by atoms with van der Waals surface area (Å²) in [5.74, 6) is 0.201. The molecule has 1 heterocycles. The molecular formula is C12H9N3. The number of nitriles is 1. The van der Waals surface area contributed by atoms with Gasteiger partial charge in [0.2, 0.25) is 5.82 Å². The minimum atomic E-state index is 0.201. The first-order valence-corrected chi connectivity index (χ1v) is 4.66. The topological polar surface area (TPSA) is 49.6 Å². The highest BCUT2D eigenvalue weighted by atomic mass is 14.9. The van der Waals surface area contributed by atoms with Crippen LogP contribution in [0.1, 0.15) is 17.8 Å². The van der Waals surface area contributed by atoms with Crippen molar-refractivity contribution in [3.05, 3.63) is 54.2 Å². The molecule has 3 nitrogen and oxygen atoms in total. The molecule has 3 heteroatoms. The molecule has 15 heavy (non-hydrogen) atoms. The Hall–Kier alpha value is -2.21. The van der Waals surface area contributed by atoms with E-state index in [2.05, 4.69) is 22.1 Å². The number of aromatic nitrogens is 2. The second kappa shape index (κ2) is 4.34. The van der Waals surface area contributed by atoms with E-state index in [1.54, 1.807) is 12.4 Å². The van der Waals surface area contributed by atoms with E-state index in [-0.39, 0.29) is 5.82 Å². The van der Waals surface area contributed by atoms with E-state index in [9.17, 15) is 0 Å².